The zero-order valence-corrected chi connectivity index (χ0v) is 11.4. The summed E-state index contributed by atoms with van der Waals surface area (Å²) in [5.41, 5.74) is 5.75. The molecule has 0 saturated heterocycles. The number of nitrogens with two attached hydrogens (primary N) is 1. The van der Waals surface area contributed by atoms with Crippen LogP contribution in [-0.4, -0.2) is 15.8 Å². The number of nitrogens with one attached hydrogen (secondary N) is 1. The highest BCUT2D eigenvalue weighted by Gasteiger charge is 2.03. The molecule has 3 rings (SSSR count). The van der Waals surface area contributed by atoms with Crippen LogP contribution in [0.15, 0.2) is 64.8 Å². The lowest BCUT2D eigenvalue weighted by molar-refractivity contribution is 1.04. The summed E-state index contributed by atoms with van der Waals surface area (Å²) in [4.78, 5) is 9.46. The number of fused-ring (bicyclic) bond motifs is 1. The minimum absolute atomic E-state index is 0.0697. The lowest BCUT2D eigenvalue weighted by Crippen LogP contribution is -2.13. The highest BCUT2D eigenvalue weighted by molar-refractivity contribution is 7.99. The molecule has 1 heterocycles. The van der Waals surface area contributed by atoms with Crippen LogP contribution < -0.4 is 5.73 Å². The van der Waals surface area contributed by atoms with Gasteiger partial charge in [-0.1, -0.05) is 42.1 Å². The smallest absolute Gasteiger partial charge is 0.143 e. The van der Waals surface area contributed by atoms with Crippen LogP contribution in [0.4, 0.5) is 0 Å². The van der Waals surface area contributed by atoms with Gasteiger partial charge in [-0.2, -0.15) is 0 Å². The van der Waals surface area contributed by atoms with Crippen LogP contribution in [0.3, 0.4) is 0 Å². The Morgan fingerprint density at radius 2 is 1.80 bits per heavy atom. The van der Waals surface area contributed by atoms with Gasteiger partial charge in [0.15, 0.2) is 0 Å². The molecular formula is C15H12N4S. The minimum atomic E-state index is -0.0697. The fourth-order valence-corrected chi connectivity index (χ4v) is 2.63. The van der Waals surface area contributed by atoms with Crippen molar-refractivity contribution in [3.63, 3.8) is 0 Å². The summed E-state index contributed by atoms with van der Waals surface area (Å²) in [6.07, 6.45) is 3.16. The average molecular weight is 280 g/mol. The first-order valence-electron chi connectivity index (χ1n) is 6.05. The minimum Gasteiger partial charge on any atom is -0.382 e. The normalized spacial score (nSPS) is 10.6. The van der Waals surface area contributed by atoms with E-state index in [0.29, 0.717) is 5.69 Å². The molecule has 0 saturated carbocycles. The summed E-state index contributed by atoms with van der Waals surface area (Å²) >= 11 is 1.54. The largest absolute Gasteiger partial charge is 0.382 e. The van der Waals surface area contributed by atoms with Gasteiger partial charge in [0.05, 0.1) is 12.4 Å². The summed E-state index contributed by atoms with van der Waals surface area (Å²) in [5.74, 6) is -0.0697. The number of nitrogens with zero attached hydrogens (tertiary/aromatic N) is 2. The highest BCUT2D eigenvalue weighted by atomic mass is 32.2. The second-order valence-electron chi connectivity index (χ2n) is 4.26. The van der Waals surface area contributed by atoms with Crippen molar-refractivity contribution in [1.82, 2.24) is 9.97 Å². The predicted octanol–water partition coefficient (Wildman–Crippen LogP) is 3.07. The van der Waals surface area contributed by atoms with Gasteiger partial charge in [0.1, 0.15) is 16.6 Å². The Morgan fingerprint density at radius 1 is 1.00 bits per heavy atom. The molecule has 4 nitrogen and oxygen atoms in total. The maximum Gasteiger partial charge on any atom is 0.143 e. The molecule has 3 aromatic rings. The van der Waals surface area contributed by atoms with E-state index in [1.54, 1.807) is 6.20 Å². The molecule has 0 spiro atoms. The van der Waals surface area contributed by atoms with Gasteiger partial charge in [0.25, 0.3) is 0 Å². The zero-order chi connectivity index (χ0) is 13.9. The standard InChI is InChI=1S/C15H12N4S/c16-15(17)13-8-19-14(9-18-13)20-12-6-5-10-3-1-2-4-11(10)7-12/h1-9H,(H3,16,17). The lowest BCUT2D eigenvalue weighted by atomic mass is 10.1. The van der Waals surface area contributed by atoms with E-state index in [9.17, 15) is 0 Å². The maximum absolute atomic E-state index is 7.29. The molecule has 3 N–H and O–H groups in total. The van der Waals surface area contributed by atoms with Crippen LogP contribution in [0.5, 0.6) is 0 Å². The number of hydrogen-bond acceptors (Lipinski definition) is 4. The SMILES string of the molecule is N=C(N)c1cnc(Sc2ccc3ccccc3c2)cn1. The third-order valence-electron chi connectivity index (χ3n) is 2.85. The molecule has 0 bridgehead atoms. The molecule has 2 aromatic carbocycles. The van der Waals surface area contributed by atoms with E-state index in [1.165, 1.54) is 28.7 Å². The average Bonchev–Trinajstić information content (AvgIpc) is 2.48. The first-order chi connectivity index (χ1) is 9.72. The number of amidine groups is 1. The number of nitrogen functional groups attached to an aromatic ring is 1. The summed E-state index contributed by atoms with van der Waals surface area (Å²) in [6.45, 7) is 0. The molecular weight excluding hydrogens is 268 g/mol. The van der Waals surface area contributed by atoms with E-state index >= 15 is 0 Å². The van der Waals surface area contributed by atoms with Crippen LogP contribution in [0, 0.1) is 5.41 Å². The second kappa shape index (κ2) is 5.30. The highest BCUT2D eigenvalue weighted by Crippen LogP contribution is 2.28. The molecule has 0 aliphatic carbocycles. The Morgan fingerprint density at radius 3 is 2.50 bits per heavy atom. The van der Waals surface area contributed by atoms with Gasteiger partial charge in [-0.15, -0.1) is 0 Å². The predicted molar refractivity (Wildman–Crippen MR) is 81.1 cm³/mol. The van der Waals surface area contributed by atoms with Crippen molar-refractivity contribution in [3.8, 4) is 0 Å². The van der Waals surface area contributed by atoms with Gasteiger partial charge in [-0.3, -0.25) is 5.41 Å². The van der Waals surface area contributed by atoms with Gasteiger partial charge in [0.2, 0.25) is 0 Å². The molecule has 0 atom stereocenters. The first-order valence-corrected chi connectivity index (χ1v) is 6.87. The topological polar surface area (TPSA) is 75.7 Å². The summed E-state index contributed by atoms with van der Waals surface area (Å²) < 4.78 is 0. The fraction of sp³-hybridized carbons (Fsp3) is 0. The van der Waals surface area contributed by atoms with E-state index in [0.717, 1.165) is 9.92 Å². The second-order valence-corrected chi connectivity index (χ2v) is 5.36. The summed E-state index contributed by atoms with van der Waals surface area (Å²) in [7, 11) is 0. The Labute approximate surface area is 120 Å². The van der Waals surface area contributed by atoms with Crippen molar-refractivity contribution >= 4 is 28.4 Å². The molecule has 5 heteroatoms. The Bertz CT molecular complexity index is 768. The van der Waals surface area contributed by atoms with Crippen LogP contribution in [0.25, 0.3) is 10.8 Å². The van der Waals surface area contributed by atoms with Crippen LogP contribution in [0.2, 0.25) is 0 Å². The molecule has 0 unspecified atom stereocenters. The summed E-state index contributed by atoms with van der Waals surface area (Å²) in [5, 5.41) is 10.5. The number of hydrogen-bond donors (Lipinski definition) is 2. The van der Waals surface area contributed by atoms with Crippen LogP contribution in [-0.2, 0) is 0 Å². The molecule has 20 heavy (non-hydrogen) atoms. The third kappa shape index (κ3) is 2.62. The molecule has 0 aliphatic heterocycles. The Balaban J connectivity index is 1.87. The molecule has 0 radical (unpaired) electrons. The van der Waals surface area contributed by atoms with Crippen LogP contribution >= 0.6 is 11.8 Å². The molecule has 0 fully saturated rings. The van der Waals surface area contributed by atoms with Gasteiger partial charge >= 0.3 is 0 Å². The number of aromatic nitrogens is 2. The molecule has 0 amide bonds. The number of rotatable bonds is 3. The third-order valence-corrected chi connectivity index (χ3v) is 3.76. The maximum atomic E-state index is 7.29. The van der Waals surface area contributed by atoms with Gasteiger partial charge in [-0.05, 0) is 22.9 Å². The van der Waals surface area contributed by atoms with Crippen molar-refractivity contribution in [2.45, 2.75) is 9.92 Å². The van der Waals surface area contributed by atoms with Crippen molar-refractivity contribution in [3.05, 3.63) is 60.6 Å². The van der Waals surface area contributed by atoms with Gasteiger partial charge in [-0.25, -0.2) is 9.97 Å². The fourth-order valence-electron chi connectivity index (χ4n) is 1.86. The van der Waals surface area contributed by atoms with Crippen molar-refractivity contribution in [2.75, 3.05) is 0 Å². The summed E-state index contributed by atoms with van der Waals surface area (Å²) in [6, 6.07) is 14.5. The Kier molecular flexibility index (Phi) is 3.35. The molecule has 98 valence electrons. The quantitative estimate of drug-likeness (QED) is 0.571. The van der Waals surface area contributed by atoms with E-state index < -0.39 is 0 Å². The number of benzene rings is 2. The van der Waals surface area contributed by atoms with E-state index in [-0.39, 0.29) is 5.84 Å². The van der Waals surface area contributed by atoms with Crippen molar-refractivity contribution < 1.29 is 0 Å². The monoisotopic (exact) mass is 280 g/mol. The van der Waals surface area contributed by atoms with Gasteiger partial charge < -0.3 is 5.73 Å². The van der Waals surface area contributed by atoms with E-state index in [2.05, 4.69) is 40.3 Å². The van der Waals surface area contributed by atoms with E-state index in [4.69, 9.17) is 11.1 Å². The molecule has 1 aromatic heterocycles. The van der Waals surface area contributed by atoms with Gasteiger partial charge in [0, 0.05) is 4.90 Å². The van der Waals surface area contributed by atoms with Crippen molar-refractivity contribution in [1.29, 1.82) is 5.41 Å². The lowest BCUT2D eigenvalue weighted by Gasteiger charge is -2.03. The van der Waals surface area contributed by atoms with Crippen molar-refractivity contribution in [2.24, 2.45) is 5.73 Å². The van der Waals surface area contributed by atoms with Crippen LogP contribution in [0.1, 0.15) is 5.69 Å². The zero-order valence-electron chi connectivity index (χ0n) is 10.6. The van der Waals surface area contributed by atoms with E-state index in [1.807, 2.05) is 12.1 Å². The molecule has 0 aliphatic rings. The Hall–Kier alpha value is -2.40. The first kappa shape index (κ1) is 12.6.